The van der Waals surface area contributed by atoms with Crippen LogP contribution in [0.4, 0.5) is 11.4 Å². The molecule has 2 aromatic rings. The minimum Gasteiger partial charge on any atom is -0.502 e. The van der Waals surface area contributed by atoms with Crippen LogP contribution >= 0.6 is 34.8 Å². The van der Waals surface area contributed by atoms with Gasteiger partial charge in [-0.1, -0.05) is 34.8 Å². The Bertz CT molecular complexity index is 780. The Hall–Kier alpha value is -1.89. The van der Waals surface area contributed by atoms with E-state index in [-0.39, 0.29) is 32.7 Å². The maximum Gasteiger partial charge on any atom is 0.312 e. The number of halogens is 3. The molecule has 0 heterocycles. The van der Waals surface area contributed by atoms with E-state index in [0.29, 0.717) is 5.56 Å². The highest BCUT2D eigenvalue weighted by Gasteiger charge is 2.20. The lowest BCUT2D eigenvalue weighted by atomic mass is 10.0. The quantitative estimate of drug-likeness (QED) is 0.457. The summed E-state index contributed by atoms with van der Waals surface area (Å²) in [5, 5.41) is 24.0. The van der Waals surface area contributed by atoms with Crippen LogP contribution in [0.5, 0.6) is 5.75 Å². The molecule has 0 aliphatic carbocycles. The molecule has 1 N–H and O–H groups in total. The predicted octanol–water partition coefficient (Wildman–Crippen LogP) is 5.25. The van der Waals surface area contributed by atoms with E-state index in [1.807, 2.05) is 0 Å². The molecule has 6 nitrogen and oxygen atoms in total. The Morgan fingerprint density at radius 2 is 1.68 bits per heavy atom. The van der Waals surface area contributed by atoms with E-state index in [4.69, 9.17) is 34.8 Å². The van der Waals surface area contributed by atoms with Gasteiger partial charge < -0.3 is 5.11 Å². The lowest BCUT2D eigenvalue weighted by Gasteiger charge is -2.09. The van der Waals surface area contributed by atoms with Crippen LogP contribution in [0.1, 0.15) is 11.1 Å². The average molecular weight is 362 g/mol. The first-order chi connectivity index (χ1) is 10.3. The number of rotatable bonds is 4. The molecule has 2 rings (SSSR count). The van der Waals surface area contributed by atoms with E-state index in [9.17, 15) is 20.1 Å². The number of nitro benzene ring substituents is 1. The summed E-state index contributed by atoms with van der Waals surface area (Å²) in [5.74, 6) is -0.522. The molecule has 0 atom stereocenters. The minimum atomic E-state index is -0.747. The van der Waals surface area contributed by atoms with Crippen molar-refractivity contribution < 1.29 is 10.0 Å². The summed E-state index contributed by atoms with van der Waals surface area (Å²) >= 11 is 17.7. The monoisotopic (exact) mass is 360 g/mol. The molecular weight excluding hydrogens is 355 g/mol. The van der Waals surface area contributed by atoms with E-state index >= 15 is 0 Å². The maximum absolute atomic E-state index is 10.9. The Morgan fingerprint density at radius 3 is 2.27 bits per heavy atom. The topological polar surface area (TPSA) is 92.8 Å². The van der Waals surface area contributed by atoms with Gasteiger partial charge in [0, 0.05) is 28.1 Å². The second-order valence-electron chi connectivity index (χ2n) is 4.36. The van der Waals surface area contributed by atoms with Crippen molar-refractivity contribution in [3.05, 3.63) is 65.5 Å². The zero-order valence-corrected chi connectivity index (χ0v) is 13.0. The predicted molar refractivity (Wildman–Crippen MR) is 84.5 cm³/mol. The summed E-state index contributed by atoms with van der Waals surface area (Å²) in [4.78, 5) is 20.8. The van der Waals surface area contributed by atoms with Crippen molar-refractivity contribution in [2.24, 2.45) is 5.18 Å². The largest absolute Gasteiger partial charge is 0.502 e. The van der Waals surface area contributed by atoms with Gasteiger partial charge in [0.05, 0.1) is 9.95 Å². The van der Waals surface area contributed by atoms with Gasteiger partial charge in [-0.15, -0.1) is 4.91 Å². The number of phenols is 1. The van der Waals surface area contributed by atoms with Crippen LogP contribution in [-0.2, 0) is 6.42 Å². The van der Waals surface area contributed by atoms with Crippen molar-refractivity contribution in [1.82, 2.24) is 0 Å². The summed E-state index contributed by atoms with van der Waals surface area (Å²) in [6.07, 6.45) is -0.00481. The van der Waals surface area contributed by atoms with Crippen LogP contribution in [0, 0.1) is 15.0 Å². The van der Waals surface area contributed by atoms with Crippen LogP contribution in [0.3, 0.4) is 0 Å². The summed E-state index contributed by atoms with van der Waals surface area (Å²) in [7, 11) is 0. The lowest BCUT2D eigenvalue weighted by Crippen LogP contribution is -1.95. The van der Waals surface area contributed by atoms with Crippen molar-refractivity contribution in [2.45, 2.75) is 6.42 Å². The summed E-state index contributed by atoms with van der Waals surface area (Å²) in [5.41, 5.74) is -0.00887. The van der Waals surface area contributed by atoms with Crippen LogP contribution in [0.25, 0.3) is 0 Å². The summed E-state index contributed by atoms with van der Waals surface area (Å²) in [6.45, 7) is 0. The van der Waals surface area contributed by atoms with E-state index in [1.165, 1.54) is 18.2 Å². The molecule has 0 radical (unpaired) electrons. The van der Waals surface area contributed by atoms with Crippen LogP contribution < -0.4 is 0 Å². The fourth-order valence-corrected chi connectivity index (χ4v) is 2.62. The smallest absolute Gasteiger partial charge is 0.312 e. The third kappa shape index (κ3) is 3.30. The number of aromatic hydroxyl groups is 1. The first-order valence-corrected chi connectivity index (χ1v) is 6.94. The van der Waals surface area contributed by atoms with Crippen LogP contribution in [0.2, 0.25) is 15.1 Å². The van der Waals surface area contributed by atoms with Gasteiger partial charge in [-0.3, -0.25) is 10.1 Å². The fourth-order valence-electron chi connectivity index (χ4n) is 1.94. The Morgan fingerprint density at radius 1 is 1.09 bits per heavy atom. The first-order valence-electron chi connectivity index (χ1n) is 5.80. The second kappa shape index (κ2) is 6.48. The molecule has 0 fully saturated rings. The SMILES string of the molecule is O=Nc1cc(Cl)cc(Cc2cc(Cl)cc([N+](=O)[O-])c2O)c1Cl. The average Bonchev–Trinajstić information content (AvgIpc) is 2.45. The highest BCUT2D eigenvalue weighted by atomic mass is 35.5. The maximum atomic E-state index is 10.9. The van der Waals surface area contributed by atoms with Gasteiger partial charge in [-0.25, -0.2) is 0 Å². The minimum absolute atomic E-state index is 0.00481. The Labute approximate surface area is 139 Å². The molecule has 9 heteroatoms. The third-order valence-corrected chi connectivity index (χ3v) is 3.78. The van der Waals surface area contributed by atoms with Gasteiger partial charge in [0.25, 0.3) is 0 Å². The molecule has 0 aromatic heterocycles. The molecule has 2 aromatic carbocycles. The van der Waals surface area contributed by atoms with E-state index in [1.54, 1.807) is 0 Å². The number of nitro groups is 1. The second-order valence-corrected chi connectivity index (χ2v) is 5.61. The molecule has 0 spiro atoms. The van der Waals surface area contributed by atoms with Gasteiger partial charge >= 0.3 is 5.69 Å². The number of benzene rings is 2. The molecular formula is C13H7Cl3N2O4. The Balaban J connectivity index is 2.54. The normalized spacial score (nSPS) is 10.5. The molecule has 22 heavy (non-hydrogen) atoms. The number of hydrogen-bond acceptors (Lipinski definition) is 5. The standard InChI is InChI=1S/C13H7Cl3N2O4/c14-8-2-6(12(16)10(4-8)17-20)1-7-3-9(15)5-11(13(7)19)18(21)22/h2-5,19H,1H2. The number of nitrogens with zero attached hydrogens (tertiary/aromatic N) is 2. The van der Waals surface area contributed by atoms with Gasteiger partial charge in [0.2, 0.25) is 0 Å². The molecule has 0 aliphatic heterocycles. The zero-order valence-electron chi connectivity index (χ0n) is 10.7. The van der Waals surface area contributed by atoms with Crippen molar-refractivity contribution in [2.75, 3.05) is 0 Å². The van der Waals surface area contributed by atoms with Crippen LogP contribution in [0.15, 0.2) is 29.4 Å². The van der Waals surface area contributed by atoms with E-state index < -0.39 is 16.4 Å². The molecule has 0 bridgehead atoms. The van der Waals surface area contributed by atoms with Gasteiger partial charge in [-0.05, 0) is 28.9 Å². The molecule has 0 aliphatic rings. The van der Waals surface area contributed by atoms with Gasteiger partial charge in [0.15, 0.2) is 5.75 Å². The number of phenolic OH excluding ortho intramolecular Hbond substituents is 1. The summed E-state index contributed by atoms with van der Waals surface area (Å²) in [6, 6.07) is 5.18. The number of hydrogen-bond donors (Lipinski definition) is 1. The van der Waals surface area contributed by atoms with Gasteiger partial charge in [-0.2, -0.15) is 0 Å². The van der Waals surface area contributed by atoms with Crippen LogP contribution in [-0.4, -0.2) is 10.0 Å². The molecule has 0 amide bonds. The first kappa shape index (κ1) is 16.5. The molecule has 0 saturated heterocycles. The van der Waals surface area contributed by atoms with Crippen molar-refractivity contribution in [3.63, 3.8) is 0 Å². The van der Waals surface area contributed by atoms with E-state index in [0.717, 1.165) is 6.07 Å². The van der Waals surface area contributed by atoms with Gasteiger partial charge in [0.1, 0.15) is 5.69 Å². The van der Waals surface area contributed by atoms with Crippen molar-refractivity contribution >= 4 is 46.2 Å². The summed E-state index contributed by atoms with van der Waals surface area (Å²) < 4.78 is 0. The van der Waals surface area contributed by atoms with Crippen molar-refractivity contribution in [1.29, 1.82) is 0 Å². The molecule has 114 valence electrons. The van der Waals surface area contributed by atoms with E-state index in [2.05, 4.69) is 5.18 Å². The lowest BCUT2D eigenvalue weighted by molar-refractivity contribution is -0.385. The molecule has 0 saturated carbocycles. The highest BCUT2D eigenvalue weighted by Crippen LogP contribution is 2.38. The fraction of sp³-hybridized carbons (Fsp3) is 0.0769. The highest BCUT2D eigenvalue weighted by molar-refractivity contribution is 6.35. The van der Waals surface area contributed by atoms with Crippen molar-refractivity contribution in [3.8, 4) is 5.75 Å². The molecule has 0 unspecified atom stereocenters. The third-order valence-electron chi connectivity index (χ3n) is 2.90. The zero-order chi connectivity index (χ0) is 16.4. The number of nitroso groups, excluding NO2 is 1. The Kier molecular flexibility index (Phi) is 4.85.